The van der Waals surface area contributed by atoms with E-state index in [-0.39, 0.29) is 18.6 Å². The van der Waals surface area contributed by atoms with Gasteiger partial charge in [0.05, 0.1) is 18.1 Å². The van der Waals surface area contributed by atoms with E-state index in [2.05, 4.69) is 41.5 Å². The lowest BCUT2D eigenvalue weighted by Crippen LogP contribution is -3.00. The maximum atomic E-state index is 9.95. The number of quaternary nitrogens is 1. The van der Waals surface area contributed by atoms with E-state index >= 15 is 0 Å². The summed E-state index contributed by atoms with van der Waals surface area (Å²) in [5, 5.41) is 9.95. The Hall–Kier alpha value is 0.210. The minimum atomic E-state index is -0.292. The first-order valence-corrected chi connectivity index (χ1v) is 5.33. The van der Waals surface area contributed by atoms with Crippen LogP contribution >= 0.6 is 0 Å². The fourth-order valence-corrected chi connectivity index (χ4v) is 3.08. The number of hydrogen-bond acceptors (Lipinski definition) is 1. The Morgan fingerprint density at radius 2 is 0.929 bits per heavy atom. The zero-order valence-electron chi connectivity index (χ0n) is 10.6. The molecule has 0 saturated carbocycles. The summed E-state index contributed by atoms with van der Waals surface area (Å²) >= 11 is 0. The molecule has 0 aliphatic carbocycles. The van der Waals surface area contributed by atoms with Crippen molar-refractivity contribution < 1.29 is 22.0 Å². The number of hydrogen-bond donors (Lipinski definition) is 1. The second-order valence-corrected chi connectivity index (χ2v) is 4.81. The lowest BCUT2D eigenvalue weighted by Gasteiger charge is -2.51. The first kappa shape index (κ1) is 16.6. The van der Waals surface area contributed by atoms with Crippen LogP contribution in [0, 0.1) is 0 Å². The number of rotatable bonds is 4. The minimum absolute atomic E-state index is 0. The maximum absolute atomic E-state index is 9.95. The molecule has 0 rings (SSSR count). The molecule has 3 heteroatoms. The Bertz CT molecular complexity index is 118. The fraction of sp³-hybridized carbons (Fsp3) is 1.00. The van der Waals surface area contributed by atoms with Gasteiger partial charge in [-0.2, -0.15) is 0 Å². The van der Waals surface area contributed by atoms with Crippen LogP contribution in [0.5, 0.6) is 0 Å². The van der Waals surface area contributed by atoms with Gasteiger partial charge in [-0.1, -0.05) is 0 Å². The molecular formula is C11H26ClNO. The van der Waals surface area contributed by atoms with Crippen LogP contribution in [0.25, 0.3) is 0 Å². The van der Waals surface area contributed by atoms with Gasteiger partial charge in [-0.25, -0.2) is 0 Å². The maximum Gasteiger partial charge on any atom is 0.188 e. The van der Waals surface area contributed by atoms with E-state index in [0.29, 0.717) is 18.1 Å². The van der Waals surface area contributed by atoms with Crippen molar-refractivity contribution in [3.05, 3.63) is 0 Å². The number of aliphatic hydroxyl groups is 1. The monoisotopic (exact) mass is 223 g/mol. The van der Waals surface area contributed by atoms with Gasteiger partial charge in [-0.15, -0.1) is 0 Å². The third-order valence-electron chi connectivity index (χ3n) is 3.33. The first-order valence-electron chi connectivity index (χ1n) is 5.33. The van der Waals surface area contributed by atoms with Crippen molar-refractivity contribution in [3.63, 3.8) is 0 Å². The average Bonchev–Trinajstić information content (AvgIpc) is 1.82. The van der Waals surface area contributed by atoms with Crippen molar-refractivity contribution in [3.8, 4) is 0 Å². The predicted molar refractivity (Wildman–Crippen MR) is 57.3 cm³/mol. The zero-order chi connectivity index (χ0) is 10.8. The van der Waals surface area contributed by atoms with Gasteiger partial charge in [0.1, 0.15) is 0 Å². The molecule has 0 aliphatic rings. The molecule has 0 spiro atoms. The second kappa shape index (κ2) is 5.94. The third-order valence-corrected chi connectivity index (χ3v) is 3.33. The highest BCUT2D eigenvalue weighted by Crippen LogP contribution is 2.27. The SMILES string of the molecule is CC(C)[N+](C(C)C)(C(C)C)C(C)O.[Cl-]. The lowest BCUT2D eigenvalue weighted by atomic mass is 10.0. The van der Waals surface area contributed by atoms with Crippen LogP contribution < -0.4 is 12.4 Å². The molecule has 1 N–H and O–H groups in total. The van der Waals surface area contributed by atoms with E-state index in [9.17, 15) is 5.11 Å². The molecule has 0 aliphatic heterocycles. The van der Waals surface area contributed by atoms with Crippen molar-refractivity contribution in [2.75, 3.05) is 0 Å². The minimum Gasteiger partial charge on any atom is -1.00 e. The quantitative estimate of drug-likeness (QED) is 0.497. The first-order chi connectivity index (χ1) is 5.77. The zero-order valence-corrected chi connectivity index (χ0v) is 11.3. The molecule has 0 amide bonds. The van der Waals surface area contributed by atoms with Crippen LogP contribution in [0.3, 0.4) is 0 Å². The molecule has 0 bridgehead atoms. The van der Waals surface area contributed by atoms with Crippen molar-refractivity contribution in [1.29, 1.82) is 0 Å². The normalized spacial score (nSPS) is 14.8. The van der Waals surface area contributed by atoms with Gasteiger partial charge in [-0.3, -0.25) is 4.48 Å². The third kappa shape index (κ3) is 2.62. The molecule has 0 saturated heterocycles. The molecule has 0 heterocycles. The molecule has 1 unspecified atom stereocenters. The summed E-state index contributed by atoms with van der Waals surface area (Å²) in [6.45, 7) is 15.0. The average molecular weight is 224 g/mol. The van der Waals surface area contributed by atoms with Gasteiger partial charge < -0.3 is 17.5 Å². The summed E-state index contributed by atoms with van der Waals surface area (Å²) in [6, 6.07) is 1.37. The topological polar surface area (TPSA) is 20.2 Å². The predicted octanol–water partition coefficient (Wildman–Crippen LogP) is -0.629. The Labute approximate surface area is 95.3 Å². The van der Waals surface area contributed by atoms with Gasteiger partial charge in [-0.05, 0) is 41.5 Å². The van der Waals surface area contributed by atoms with E-state index in [1.807, 2.05) is 6.92 Å². The van der Waals surface area contributed by atoms with Gasteiger partial charge in [0, 0.05) is 6.92 Å². The van der Waals surface area contributed by atoms with E-state index in [4.69, 9.17) is 0 Å². The van der Waals surface area contributed by atoms with Crippen LogP contribution in [-0.2, 0) is 0 Å². The van der Waals surface area contributed by atoms with E-state index in [1.54, 1.807) is 0 Å². The summed E-state index contributed by atoms with van der Waals surface area (Å²) in [5.74, 6) is 0. The molecule has 0 fully saturated rings. The summed E-state index contributed by atoms with van der Waals surface area (Å²) in [5.41, 5.74) is 0. The van der Waals surface area contributed by atoms with Gasteiger partial charge in [0.25, 0.3) is 0 Å². The molecule has 0 aromatic rings. The fourth-order valence-electron chi connectivity index (χ4n) is 3.08. The van der Waals surface area contributed by atoms with E-state index < -0.39 is 0 Å². The number of halogens is 1. The molecule has 2 nitrogen and oxygen atoms in total. The van der Waals surface area contributed by atoms with Crippen LogP contribution in [-0.4, -0.2) is 33.9 Å². The van der Waals surface area contributed by atoms with Crippen molar-refractivity contribution in [2.24, 2.45) is 0 Å². The molecule has 0 aromatic carbocycles. The van der Waals surface area contributed by atoms with Gasteiger partial charge in [0.15, 0.2) is 6.23 Å². The highest BCUT2D eigenvalue weighted by Gasteiger charge is 2.41. The van der Waals surface area contributed by atoms with Crippen molar-refractivity contribution in [1.82, 2.24) is 0 Å². The highest BCUT2D eigenvalue weighted by atomic mass is 35.5. The highest BCUT2D eigenvalue weighted by molar-refractivity contribution is 4.58. The Morgan fingerprint density at radius 1 is 0.714 bits per heavy atom. The second-order valence-electron chi connectivity index (χ2n) is 4.81. The van der Waals surface area contributed by atoms with Crippen molar-refractivity contribution >= 4 is 0 Å². The lowest BCUT2D eigenvalue weighted by molar-refractivity contribution is -1.02. The summed E-state index contributed by atoms with van der Waals surface area (Å²) in [6.07, 6.45) is -0.292. The molecule has 88 valence electrons. The van der Waals surface area contributed by atoms with E-state index in [1.165, 1.54) is 0 Å². The molecule has 0 radical (unpaired) electrons. The Morgan fingerprint density at radius 3 is 0.929 bits per heavy atom. The molecule has 1 atom stereocenters. The van der Waals surface area contributed by atoms with Gasteiger partial charge in [0.2, 0.25) is 0 Å². The summed E-state index contributed by atoms with van der Waals surface area (Å²) < 4.78 is 0.778. The standard InChI is InChI=1S/C11H26NO.ClH/c1-8(2)12(9(3)4,10(5)6)11(7)13;/h8-11,13H,1-7H3;1H/q+1;/p-1. The largest absolute Gasteiger partial charge is 1.00 e. The summed E-state index contributed by atoms with van der Waals surface area (Å²) in [4.78, 5) is 0. The van der Waals surface area contributed by atoms with Crippen LogP contribution in [0.4, 0.5) is 0 Å². The Balaban J connectivity index is 0. The van der Waals surface area contributed by atoms with Crippen LogP contribution in [0.1, 0.15) is 48.5 Å². The smallest absolute Gasteiger partial charge is 0.188 e. The number of aliphatic hydroxyl groups excluding tert-OH is 1. The molecule has 0 aromatic heterocycles. The molecular weight excluding hydrogens is 198 g/mol. The number of nitrogens with zero attached hydrogens (tertiary/aromatic N) is 1. The van der Waals surface area contributed by atoms with Gasteiger partial charge >= 0.3 is 0 Å². The van der Waals surface area contributed by atoms with Crippen molar-refractivity contribution in [2.45, 2.75) is 72.8 Å². The van der Waals surface area contributed by atoms with Crippen LogP contribution in [0.15, 0.2) is 0 Å². The van der Waals surface area contributed by atoms with E-state index in [0.717, 1.165) is 4.48 Å². The summed E-state index contributed by atoms with van der Waals surface area (Å²) in [7, 11) is 0. The Kier molecular flexibility index (Phi) is 7.06. The van der Waals surface area contributed by atoms with Crippen LogP contribution in [0.2, 0.25) is 0 Å². The molecule has 14 heavy (non-hydrogen) atoms.